The van der Waals surface area contributed by atoms with Crippen molar-refractivity contribution < 1.29 is 28.7 Å². The number of hydrogen-bond donors (Lipinski definition) is 6. The van der Waals surface area contributed by atoms with Gasteiger partial charge in [0.2, 0.25) is 11.8 Å². The number of nitrogens with two attached hydrogens (primary N) is 4. The van der Waals surface area contributed by atoms with Crippen LogP contribution in [0, 0.1) is 0 Å². The van der Waals surface area contributed by atoms with Crippen LogP contribution in [0.3, 0.4) is 0 Å². The number of ether oxygens (including phenoxy) is 2. The highest BCUT2D eigenvalue weighted by molar-refractivity contribution is 8.76. The summed E-state index contributed by atoms with van der Waals surface area (Å²) in [6.45, 7) is 6.08. The highest BCUT2D eigenvalue weighted by Crippen LogP contribution is 2.24. The number of hydrogen-bond acceptors (Lipinski definition) is 12. The van der Waals surface area contributed by atoms with Crippen LogP contribution in [0.25, 0.3) is 0 Å². The van der Waals surface area contributed by atoms with Gasteiger partial charge in [-0.25, -0.2) is 9.59 Å². The van der Waals surface area contributed by atoms with Crippen LogP contribution in [-0.4, -0.2) is 85.7 Å². The van der Waals surface area contributed by atoms with Gasteiger partial charge in [0.25, 0.3) is 0 Å². The Kier molecular flexibility index (Phi) is 49.7. The van der Waals surface area contributed by atoms with Crippen LogP contribution in [0.2, 0.25) is 0 Å². The van der Waals surface area contributed by atoms with Crippen molar-refractivity contribution in [1.82, 2.24) is 10.6 Å². The Morgan fingerprint density at radius 3 is 1.03 bits per heavy atom. The first-order valence-corrected chi connectivity index (χ1v) is 30.1. The molecule has 0 radical (unpaired) electrons. The monoisotopic (exact) mass is 997 g/mol. The maximum atomic E-state index is 13.3. The van der Waals surface area contributed by atoms with Gasteiger partial charge in [0.1, 0.15) is 12.1 Å². The zero-order chi connectivity index (χ0) is 50.0. The standard InChI is InChI=1S/C54H104N6O6S2/c1-3-5-7-9-11-13-15-17-19-21-23-25-27-29-31-37-43-65-53(63)49(59-51(61)47(57)39-33-35-41-55)45-67-68-46-50(60-52(62)48(58)40-34-36-42-56)54(64)66-44-38-32-30-28-26-24-22-20-18-16-14-12-10-8-6-4-2/h17-20,47-50H,3-16,21-46,55-58H2,1-2H3,(H,59,61)(H,60,62)/b19-17-,20-18-/t47-,48-,49?,50?/m0/s1. The third kappa shape index (κ3) is 42.8. The number of amides is 2. The molecular weight excluding hydrogens is 893 g/mol. The van der Waals surface area contributed by atoms with Crippen molar-refractivity contribution in [1.29, 1.82) is 0 Å². The van der Waals surface area contributed by atoms with Gasteiger partial charge < -0.3 is 43.0 Å². The summed E-state index contributed by atoms with van der Waals surface area (Å²) in [5, 5.41) is 5.62. The normalized spacial score (nSPS) is 13.4. The van der Waals surface area contributed by atoms with E-state index < -0.39 is 47.9 Å². The molecule has 14 heteroatoms. The summed E-state index contributed by atoms with van der Waals surface area (Å²) >= 11 is 0. The van der Waals surface area contributed by atoms with Crippen molar-refractivity contribution in [2.45, 2.75) is 256 Å². The fourth-order valence-electron chi connectivity index (χ4n) is 7.65. The fraction of sp³-hybridized carbons (Fsp3) is 0.852. The number of carbonyl (C=O) groups excluding carboxylic acids is 4. The smallest absolute Gasteiger partial charge is 0.329 e. The molecule has 0 aromatic rings. The molecule has 0 aromatic heterocycles. The van der Waals surface area contributed by atoms with Crippen molar-refractivity contribution in [2.24, 2.45) is 22.9 Å². The summed E-state index contributed by atoms with van der Waals surface area (Å²) in [7, 11) is 2.62. The molecule has 12 nitrogen and oxygen atoms in total. The van der Waals surface area contributed by atoms with Crippen LogP contribution >= 0.6 is 21.6 Å². The van der Waals surface area contributed by atoms with E-state index in [9.17, 15) is 19.2 Å². The summed E-state index contributed by atoms with van der Waals surface area (Å²) in [5.41, 5.74) is 23.6. The van der Waals surface area contributed by atoms with Crippen molar-refractivity contribution >= 4 is 45.3 Å². The largest absolute Gasteiger partial charge is 0.464 e. The molecule has 2 amide bonds. The van der Waals surface area contributed by atoms with Crippen molar-refractivity contribution in [3.63, 3.8) is 0 Å². The minimum Gasteiger partial charge on any atom is -0.464 e. The number of unbranched alkanes of at least 4 members (excludes halogenated alkanes) is 26. The molecule has 0 saturated carbocycles. The van der Waals surface area contributed by atoms with E-state index in [1.807, 2.05) is 0 Å². The first-order chi connectivity index (χ1) is 33.2. The molecule has 0 aliphatic heterocycles. The molecule has 0 bridgehead atoms. The second kappa shape index (κ2) is 51.3. The first-order valence-electron chi connectivity index (χ1n) is 27.6. The molecule has 0 aliphatic carbocycles. The third-order valence-electron chi connectivity index (χ3n) is 12.2. The van der Waals surface area contributed by atoms with Gasteiger partial charge >= 0.3 is 11.9 Å². The van der Waals surface area contributed by atoms with E-state index in [1.54, 1.807) is 0 Å². The van der Waals surface area contributed by atoms with E-state index in [0.29, 0.717) is 38.8 Å². The van der Waals surface area contributed by atoms with Gasteiger partial charge in [-0.1, -0.05) is 188 Å². The molecule has 0 aromatic carbocycles. The number of esters is 2. The third-order valence-corrected chi connectivity index (χ3v) is 14.6. The lowest BCUT2D eigenvalue weighted by Crippen LogP contribution is -2.50. The number of carbonyl (C=O) groups is 4. The van der Waals surface area contributed by atoms with Crippen LogP contribution < -0.4 is 33.6 Å². The van der Waals surface area contributed by atoms with E-state index in [4.69, 9.17) is 32.4 Å². The highest BCUT2D eigenvalue weighted by Gasteiger charge is 2.28. The predicted octanol–water partition coefficient (Wildman–Crippen LogP) is 11.4. The quantitative estimate of drug-likeness (QED) is 0.0145. The summed E-state index contributed by atoms with van der Waals surface area (Å²) in [4.78, 5) is 52.8. The molecule has 68 heavy (non-hydrogen) atoms. The lowest BCUT2D eigenvalue weighted by atomic mass is 10.1. The Hall–Kier alpha value is -2.10. The number of nitrogens with one attached hydrogen (secondary N) is 2. The number of rotatable bonds is 51. The molecule has 0 saturated heterocycles. The molecule has 0 spiro atoms. The van der Waals surface area contributed by atoms with Crippen molar-refractivity contribution in [3.8, 4) is 0 Å². The van der Waals surface area contributed by atoms with Gasteiger partial charge in [0.05, 0.1) is 25.3 Å². The molecule has 2 unspecified atom stereocenters. The maximum Gasteiger partial charge on any atom is 0.329 e. The summed E-state index contributed by atoms with van der Waals surface area (Å²) in [6, 6.07) is -3.42. The van der Waals surface area contributed by atoms with Gasteiger partial charge in [0, 0.05) is 11.5 Å². The van der Waals surface area contributed by atoms with Gasteiger partial charge in [-0.15, -0.1) is 0 Å². The average Bonchev–Trinajstić information content (AvgIpc) is 3.33. The fourth-order valence-corrected chi connectivity index (χ4v) is 9.95. The van der Waals surface area contributed by atoms with Crippen LogP contribution in [0.4, 0.5) is 0 Å². The molecule has 4 atom stereocenters. The second-order valence-corrected chi connectivity index (χ2v) is 21.2. The molecule has 0 aliphatic rings. The Morgan fingerprint density at radius 2 is 0.721 bits per heavy atom. The lowest BCUT2D eigenvalue weighted by molar-refractivity contribution is -0.147. The molecule has 0 fully saturated rings. The Morgan fingerprint density at radius 1 is 0.426 bits per heavy atom. The molecule has 10 N–H and O–H groups in total. The lowest BCUT2D eigenvalue weighted by Gasteiger charge is -2.21. The first kappa shape index (κ1) is 65.9. The average molecular weight is 998 g/mol. The maximum absolute atomic E-state index is 13.3. The van der Waals surface area contributed by atoms with Gasteiger partial charge in [-0.3, -0.25) is 9.59 Å². The van der Waals surface area contributed by atoms with Crippen molar-refractivity contribution in [2.75, 3.05) is 37.8 Å². The highest BCUT2D eigenvalue weighted by atomic mass is 33.1. The van der Waals surface area contributed by atoms with Crippen LogP contribution in [0.1, 0.15) is 232 Å². The second-order valence-electron chi connectivity index (χ2n) is 18.7. The Balaban J connectivity index is 4.95. The SMILES string of the molecule is CCCCCCCC/C=C\CCCCCCCCOC(=O)C(CSSCC(NC(=O)[C@@H](N)CCCCN)C(=O)OCCCCCCCC/C=C\CCCCCCCC)NC(=O)[C@@H](N)CCCCN. The van der Waals surface area contributed by atoms with Crippen molar-refractivity contribution in [3.05, 3.63) is 24.3 Å². The van der Waals surface area contributed by atoms with Gasteiger partial charge in [-0.05, 0) is 103 Å². The van der Waals surface area contributed by atoms with E-state index >= 15 is 0 Å². The summed E-state index contributed by atoms with van der Waals surface area (Å²) < 4.78 is 11.3. The van der Waals surface area contributed by atoms with Crippen LogP contribution in [-0.2, 0) is 28.7 Å². The Bertz CT molecular complexity index is 1150. The minimum absolute atomic E-state index is 0.183. The van der Waals surface area contributed by atoms with E-state index in [0.717, 1.165) is 77.0 Å². The molecule has 0 rings (SSSR count). The zero-order valence-corrected chi connectivity index (χ0v) is 45.1. The van der Waals surface area contributed by atoms with Gasteiger partial charge in [-0.2, -0.15) is 0 Å². The van der Waals surface area contributed by atoms with Crippen LogP contribution in [0.15, 0.2) is 24.3 Å². The van der Waals surface area contributed by atoms with E-state index in [-0.39, 0.29) is 24.7 Å². The summed E-state index contributed by atoms with van der Waals surface area (Å²) in [5.74, 6) is -1.51. The molecule has 0 heterocycles. The molecular formula is C54H104N6O6S2. The molecule has 398 valence electrons. The minimum atomic E-state index is -0.933. The van der Waals surface area contributed by atoms with Gasteiger partial charge in [0.15, 0.2) is 0 Å². The van der Waals surface area contributed by atoms with E-state index in [1.165, 1.54) is 137 Å². The predicted molar refractivity (Wildman–Crippen MR) is 291 cm³/mol. The zero-order valence-electron chi connectivity index (χ0n) is 43.5. The topological polar surface area (TPSA) is 215 Å². The van der Waals surface area contributed by atoms with E-state index in [2.05, 4.69) is 48.8 Å². The Labute approximate surface area is 424 Å². The number of allylic oxidation sites excluding steroid dienone is 4. The summed E-state index contributed by atoms with van der Waals surface area (Å²) in [6.07, 6.45) is 46.5. The van der Waals surface area contributed by atoms with Crippen LogP contribution in [0.5, 0.6) is 0 Å².